The molecule has 0 N–H and O–H groups in total. The van der Waals surface area contributed by atoms with Crippen LogP contribution in [0.1, 0.15) is 21.6 Å². The number of fused-ring (bicyclic) bond motifs is 1. The van der Waals surface area contributed by atoms with Crippen LogP contribution in [0.15, 0.2) is 54.9 Å². The number of anilines is 1. The Morgan fingerprint density at radius 3 is 2.54 bits per heavy atom. The second-order valence-corrected chi connectivity index (χ2v) is 6.78. The molecule has 0 atom stereocenters. The summed E-state index contributed by atoms with van der Waals surface area (Å²) in [7, 11) is 0. The fraction of sp³-hybridized carbons (Fsp3) is 0.150. The van der Waals surface area contributed by atoms with Crippen LogP contribution in [0.25, 0.3) is 11.3 Å². The highest BCUT2D eigenvalue weighted by Gasteiger charge is 2.30. The molecule has 28 heavy (non-hydrogen) atoms. The van der Waals surface area contributed by atoms with E-state index in [4.69, 9.17) is 11.6 Å². The van der Waals surface area contributed by atoms with Crippen LogP contribution in [0, 0.1) is 0 Å². The fourth-order valence-corrected chi connectivity index (χ4v) is 3.35. The monoisotopic (exact) mass is 403 g/mol. The van der Waals surface area contributed by atoms with Gasteiger partial charge in [0.15, 0.2) is 0 Å². The van der Waals surface area contributed by atoms with Crippen LogP contribution in [0.5, 0.6) is 0 Å². The van der Waals surface area contributed by atoms with Crippen molar-refractivity contribution in [2.24, 2.45) is 0 Å². The molecule has 0 saturated heterocycles. The number of carbonyl (C=O) groups excluding carboxylic acids is 1. The fourth-order valence-electron chi connectivity index (χ4n) is 3.16. The topological polar surface area (TPSA) is 46.1 Å². The van der Waals surface area contributed by atoms with E-state index in [1.165, 1.54) is 24.5 Å². The van der Waals surface area contributed by atoms with Crippen molar-refractivity contribution < 1.29 is 18.0 Å². The number of nitrogens with zero attached hydrogens (tertiary/aromatic N) is 3. The van der Waals surface area contributed by atoms with E-state index in [2.05, 4.69) is 9.97 Å². The zero-order valence-electron chi connectivity index (χ0n) is 14.4. The number of benzene rings is 2. The molecule has 0 unspecified atom stereocenters. The highest BCUT2D eigenvalue weighted by molar-refractivity contribution is 6.30. The van der Waals surface area contributed by atoms with Gasteiger partial charge in [0.2, 0.25) is 0 Å². The molecular formula is C20H13ClF3N3O. The van der Waals surface area contributed by atoms with E-state index in [-0.39, 0.29) is 11.6 Å². The van der Waals surface area contributed by atoms with Crippen LogP contribution in [-0.2, 0) is 12.6 Å². The first-order valence-corrected chi connectivity index (χ1v) is 8.81. The lowest BCUT2D eigenvalue weighted by atomic mass is 10.1. The van der Waals surface area contributed by atoms with Gasteiger partial charge in [-0.15, -0.1) is 0 Å². The molecular weight excluding hydrogens is 391 g/mol. The van der Waals surface area contributed by atoms with Crippen molar-refractivity contribution in [1.29, 1.82) is 0 Å². The maximum atomic E-state index is 12.9. The highest BCUT2D eigenvalue weighted by Crippen LogP contribution is 2.32. The molecule has 0 bridgehead atoms. The van der Waals surface area contributed by atoms with Gasteiger partial charge in [-0.1, -0.05) is 23.7 Å². The Morgan fingerprint density at radius 2 is 1.82 bits per heavy atom. The van der Waals surface area contributed by atoms with Gasteiger partial charge in [-0.2, -0.15) is 13.2 Å². The van der Waals surface area contributed by atoms with Gasteiger partial charge in [-0.3, -0.25) is 9.78 Å². The van der Waals surface area contributed by atoms with Gasteiger partial charge in [-0.05, 0) is 42.3 Å². The summed E-state index contributed by atoms with van der Waals surface area (Å²) in [4.78, 5) is 22.9. The van der Waals surface area contributed by atoms with Crippen molar-refractivity contribution in [2.45, 2.75) is 12.6 Å². The first-order valence-electron chi connectivity index (χ1n) is 8.43. The summed E-state index contributed by atoms with van der Waals surface area (Å²) < 4.78 is 38.2. The van der Waals surface area contributed by atoms with Gasteiger partial charge in [-0.25, -0.2) is 4.98 Å². The lowest BCUT2D eigenvalue weighted by Gasteiger charge is -2.17. The first kappa shape index (κ1) is 18.4. The van der Waals surface area contributed by atoms with E-state index in [1.807, 2.05) is 6.07 Å². The van der Waals surface area contributed by atoms with E-state index < -0.39 is 11.7 Å². The Hall–Kier alpha value is -2.93. The van der Waals surface area contributed by atoms with Crippen LogP contribution in [0.2, 0.25) is 5.02 Å². The van der Waals surface area contributed by atoms with Crippen molar-refractivity contribution >= 4 is 23.2 Å². The standard InChI is InChI=1S/C20H13ClF3N3O/c21-15-5-6-18-13(9-15)7-8-27(18)19(28)17-11-25-10-16(26-17)12-1-3-14(4-2-12)20(22,23)24/h1-6,9-11H,7-8H2. The SMILES string of the molecule is O=C(c1cncc(-c2ccc(C(F)(F)F)cc2)n1)N1CCc2cc(Cl)ccc21. The number of amides is 1. The number of rotatable bonds is 2. The lowest BCUT2D eigenvalue weighted by molar-refractivity contribution is -0.137. The van der Waals surface area contributed by atoms with Crippen molar-refractivity contribution in [3.63, 3.8) is 0 Å². The molecule has 1 aromatic heterocycles. The average molecular weight is 404 g/mol. The van der Waals surface area contributed by atoms with Crippen molar-refractivity contribution in [3.8, 4) is 11.3 Å². The van der Waals surface area contributed by atoms with Gasteiger partial charge in [0, 0.05) is 22.8 Å². The Labute approximate surface area is 163 Å². The van der Waals surface area contributed by atoms with Crippen LogP contribution >= 0.6 is 11.6 Å². The molecule has 4 nitrogen and oxygen atoms in total. The summed E-state index contributed by atoms with van der Waals surface area (Å²) in [5.74, 6) is -0.317. The molecule has 1 aliphatic heterocycles. The average Bonchev–Trinajstić information content (AvgIpc) is 3.10. The van der Waals surface area contributed by atoms with Gasteiger partial charge >= 0.3 is 6.18 Å². The van der Waals surface area contributed by atoms with Crippen molar-refractivity contribution in [2.75, 3.05) is 11.4 Å². The van der Waals surface area contributed by atoms with E-state index in [0.717, 1.165) is 23.4 Å². The van der Waals surface area contributed by atoms with E-state index in [1.54, 1.807) is 17.0 Å². The van der Waals surface area contributed by atoms with Crippen LogP contribution < -0.4 is 4.90 Å². The molecule has 4 rings (SSSR count). The normalized spacial score (nSPS) is 13.5. The van der Waals surface area contributed by atoms with Crippen LogP contribution in [-0.4, -0.2) is 22.4 Å². The van der Waals surface area contributed by atoms with Gasteiger partial charge < -0.3 is 4.90 Å². The van der Waals surface area contributed by atoms with Crippen molar-refractivity contribution in [3.05, 3.63) is 76.7 Å². The third kappa shape index (κ3) is 3.45. The minimum Gasteiger partial charge on any atom is -0.306 e. The second-order valence-electron chi connectivity index (χ2n) is 6.34. The molecule has 0 spiro atoms. The Morgan fingerprint density at radius 1 is 1.07 bits per heavy atom. The van der Waals surface area contributed by atoms with Crippen molar-refractivity contribution in [1.82, 2.24) is 9.97 Å². The Balaban J connectivity index is 1.62. The minimum absolute atomic E-state index is 0.125. The zero-order valence-corrected chi connectivity index (χ0v) is 15.1. The number of hydrogen-bond donors (Lipinski definition) is 0. The smallest absolute Gasteiger partial charge is 0.306 e. The van der Waals surface area contributed by atoms with Crippen LogP contribution in [0.3, 0.4) is 0 Å². The molecule has 8 heteroatoms. The number of alkyl halides is 3. The minimum atomic E-state index is -4.41. The summed E-state index contributed by atoms with van der Waals surface area (Å²) in [6.07, 6.45) is -0.956. The summed E-state index contributed by atoms with van der Waals surface area (Å²) >= 11 is 6.00. The number of carbonyl (C=O) groups is 1. The number of halogens is 4. The van der Waals surface area contributed by atoms with E-state index in [9.17, 15) is 18.0 Å². The quantitative estimate of drug-likeness (QED) is 0.603. The third-order valence-electron chi connectivity index (χ3n) is 4.54. The molecule has 0 aliphatic carbocycles. The highest BCUT2D eigenvalue weighted by atomic mass is 35.5. The van der Waals surface area contributed by atoms with Crippen LogP contribution in [0.4, 0.5) is 18.9 Å². The predicted molar refractivity (Wildman–Crippen MR) is 99.3 cm³/mol. The summed E-state index contributed by atoms with van der Waals surface area (Å²) in [5.41, 5.74) is 1.91. The molecule has 0 radical (unpaired) electrons. The first-order chi connectivity index (χ1) is 13.3. The van der Waals surface area contributed by atoms with E-state index >= 15 is 0 Å². The zero-order chi connectivity index (χ0) is 19.9. The molecule has 0 fully saturated rings. The maximum Gasteiger partial charge on any atom is 0.416 e. The van der Waals surface area contributed by atoms with Gasteiger partial charge in [0.25, 0.3) is 5.91 Å². The molecule has 1 amide bonds. The largest absolute Gasteiger partial charge is 0.416 e. The predicted octanol–water partition coefficient (Wildman–Crippen LogP) is 5.02. The molecule has 0 saturated carbocycles. The third-order valence-corrected chi connectivity index (χ3v) is 4.78. The number of aromatic nitrogens is 2. The Bertz CT molecular complexity index is 1050. The van der Waals surface area contributed by atoms with E-state index in [0.29, 0.717) is 29.2 Å². The number of hydrogen-bond acceptors (Lipinski definition) is 3. The molecule has 2 aromatic carbocycles. The van der Waals surface area contributed by atoms with Gasteiger partial charge in [0.1, 0.15) is 5.69 Å². The summed E-state index contributed by atoms with van der Waals surface area (Å²) in [6.45, 7) is 0.501. The Kier molecular flexibility index (Phi) is 4.55. The second kappa shape index (κ2) is 6.91. The summed E-state index contributed by atoms with van der Waals surface area (Å²) in [5, 5.41) is 0.608. The maximum absolute atomic E-state index is 12.9. The molecule has 1 aliphatic rings. The molecule has 142 valence electrons. The lowest BCUT2D eigenvalue weighted by Crippen LogP contribution is -2.29. The molecule has 3 aromatic rings. The van der Waals surface area contributed by atoms with Gasteiger partial charge in [0.05, 0.1) is 23.7 Å². The molecule has 2 heterocycles. The summed E-state index contributed by atoms with van der Waals surface area (Å²) in [6, 6.07) is 9.92.